The number of benzene rings is 2. The molecule has 20 heavy (non-hydrogen) atoms. The predicted molar refractivity (Wildman–Crippen MR) is 73.3 cm³/mol. The number of carbonyl (C=O) groups excluding carboxylic acids is 1. The minimum Gasteiger partial charge on any atom is -0.545 e. The monoisotopic (exact) mass is 380 g/mol. The second-order valence-corrected chi connectivity index (χ2v) is 8.57. The molecule has 0 N–H and O–H groups in total. The fourth-order valence-corrected chi connectivity index (χ4v) is 4.31. The van der Waals surface area contributed by atoms with E-state index in [1.807, 2.05) is 12.1 Å². The van der Waals surface area contributed by atoms with E-state index in [0.717, 1.165) is 3.57 Å². The first-order valence-corrected chi connectivity index (χ1v) is 8.59. The largest absolute Gasteiger partial charge is 0.545 e. The molecule has 0 aliphatic carbocycles. The summed E-state index contributed by atoms with van der Waals surface area (Å²) in [5, 5.41) is 11.1. The smallest absolute Gasteiger partial charge is 0.358 e. The van der Waals surface area contributed by atoms with Crippen LogP contribution in [0.2, 0.25) is 0 Å². The topological polar surface area (TPSA) is 40.1 Å². The Morgan fingerprint density at radius 1 is 1.00 bits per heavy atom. The molecule has 0 unspecified atom stereocenters. The van der Waals surface area contributed by atoms with Gasteiger partial charge in [0.2, 0.25) is 3.57 Å². The molecule has 0 aliphatic heterocycles. The number of rotatable bonds is 3. The summed E-state index contributed by atoms with van der Waals surface area (Å²) in [5.41, 5.74) is 1.75. The summed E-state index contributed by atoms with van der Waals surface area (Å²) in [6.45, 7) is 6.55. The summed E-state index contributed by atoms with van der Waals surface area (Å²) in [7, 11) is 0. The Labute approximate surface area is 130 Å². The normalized spacial score (nSPS) is 11.3. The van der Waals surface area contributed by atoms with Gasteiger partial charge in [0.05, 0.1) is 11.5 Å². The number of carboxylic acids is 1. The van der Waals surface area contributed by atoms with Crippen LogP contribution in [0.25, 0.3) is 0 Å². The zero-order valence-corrected chi connectivity index (χ0v) is 14.0. The molecular weight excluding hydrogens is 363 g/mol. The van der Waals surface area contributed by atoms with Crippen molar-refractivity contribution in [2.75, 3.05) is 0 Å². The molecule has 0 bridgehead atoms. The average molecular weight is 380 g/mol. The highest BCUT2D eigenvalue weighted by molar-refractivity contribution is 5.85. The molecule has 0 aromatic heterocycles. The zero-order valence-electron chi connectivity index (χ0n) is 11.8. The van der Waals surface area contributed by atoms with Crippen LogP contribution in [-0.4, -0.2) is 5.97 Å². The number of aromatic carboxylic acids is 1. The highest BCUT2D eigenvalue weighted by Crippen LogP contribution is 2.20. The van der Waals surface area contributed by atoms with Gasteiger partial charge in [0.15, 0.2) is 3.57 Å². The van der Waals surface area contributed by atoms with Gasteiger partial charge >= 0.3 is 21.2 Å². The van der Waals surface area contributed by atoms with Gasteiger partial charge in [-0.15, -0.1) is 0 Å². The van der Waals surface area contributed by atoms with Gasteiger partial charge in [-0.1, -0.05) is 45.0 Å². The van der Waals surface area contributed by atoms with E-state index in [-0.39, 0.29) is 5.41 Å². The third-order valence-corrected chi connectivity index (χ3v) is 5.88. The first kappa shape index (κ1) is 15.0. The van der Waals surface area contributed by atoms with Crippen LogP contribution in [0.4, 0.5) is 0 Å². The third-order valence-electron chi connectivity index (χ3n) is 3.01. The molecule has 2 nitrogen and oxygen atoms in total. The Kier molecular flexibility index (Phi) is 4.48. The van der Waals surface area contributed by atoms with Crippen molar-refractivity contribution in [2.24, 2.45) is 0 Å². The lowest BCUT2D eigenvalue weighted by Crippen LogP contribution is -3.61. The van der Waals surface area contributed by atoms with E-state index < -0.39 is 27.2 Å². The number of hydrogen-bond acceptors (Lipinski definition) is 2. The van der Waals surface area contributed by atoms with Crippen molar-refractivity contribution in [1.29, 1.82) is 0 Å². The van der Waals surface area contributed by atoms with Gasteiger partial charge in [0.25, 0.3) is 0 Å². The van der Waals surface area contributed by atoms with E-state index in [0.29, 0.717) is 5.56 Å². The van der Waals surface area contributed by atoms with Gasteiger partial charge in [0, 0.05) is 0 Å². The Balaban J connectivity index is 2.25. The van der Waals surface area contributed by atoms with Crippen LogP contribution >= 0.6 is 0 Å². The first-order chi connectivity index (χ1) is 9.38. The van der Waals surface area contributed by atoms with Crippen LogP contribution in [-0.2, 0) is 5.41 Å². The van der Waals surface area contributed by atoms with Crippen molar-refractivity contribution in [2.45, 2.75) is 26.2 Å². The van der Waals surface area contributed by atoms with E-state index in [4.69, 9.17) is 0 Å². The predicted octanol–water partition coefficient (Wildman–Crippen LogP) is -0.524. The van der Waals surface area contributed by atoms with Crippen molar-refractivity contribution >= 4 is 5.97 Å². The van der Waals surface area contributed by atoms with Gasteiger partial charge in [0.1, 0.15) is 0 Å². The minimum atomic E-state index is -1.09. The molecular formula is C17H17IO2. The maximum absolute atomic E-state index is 11.1. The SMILES string of the molecule is CC(C)(C)c1ccc([I+]c2ccccc2C(=O)[O-])cc1. The van der Waals surface area contributed by atoms with E-state index in [1.165, 1.54) is 9.13 Å². The number of halogens is 1. The summed E-state index contributed by atoms with van der Waals surface area (Å²) in [4.78, 5) is 11.1. The number of carboxylic acid groups (broad SMARTS) is 1. The standard InChI is InChI=1S/C17H17IO2/c1-17(2,3)12-8-10-13(11-9-12)18-15-7-5-4-6-14(15)16(19)20/h4-11H,1-3H3. The molecule has 0 saturated heterocycles. The van der Waals surface area contributed by atoms with Crippen molar-refractivity contribution in [1.82, 2.24) is 0 Å². The second-order valence-electron chi connectivity index (χ2n) is 5.62. The Morgan fingerprint density at radius 2 is 1.60 bits per heavy atom. The molecule has 2 aromatic carbocycles. The molecule has 2 rings (SSSR count). The second kappa shape index (κ2) is 5.95. The molecule has 2 aromatic rings. The van der Waals surface area contributed by atoms with Crippen molar-refractivity contribution < 1.29 is 31.1 Å². The van der Waals surface area contributed by atoms with Gasteiger partial charge in [-0.25, -0.2) is 0 Å². The van der Waals surface area contributed by atoms with Crippen LogP contribution in [0.15, 0.2) is 48.5 Å². The number of hydrogen-bond donors (Lipinski definition) is 0. The van der Waals surface area contributed by atoms with Crippen LogP contribution in [0.1, 0.15) is 36.7 Å². The third kappa shape index (κ3) is 3.60. The molecule has 0 spiro atoms. The van der Waals surface area contributed by atoms with Gasteiger partial charge in [-0.2, -0.15) is 0 Å². The van der Waals surface area contributed by atoms with Crippen LogP contribution in [0, 0.1) is 7.14 Å². The van der Waals surface area contributed by atoms with E-state index in [9.17, 15) is 9.90 Å². The van der Waals surface area contributed by atoms with Gasteiger partial charge in [-0.3, -0.25) is 0 Å². The van der Waals surface area contributed by atoms with Gasteiger partial charge < -0.3 is 9.90 Å². The summed E-state index contributed by atoms with van der Waals surface area (Å²) in [6.07, 6.45) is 0. The Hall–Kier alpha value is -1.36. The van der Waals surface area contributed by atoms with Crippen molar-refractivity contribution in [3.63, 3.8) is 0 Å². The lowest BCUT2D eigenvalue weighted by atomic mass is 9.87. The fourth-order valence-electron chi connectivity index (χ4n) is 1.84. The lowest BCUT2D eigenvalue weighted by Gasteiger charge is -2.18. The molecule has 0 atom stereocenters. The lowest BCUT2D eigenvalue weighted by molar-refractivity contribution is -0.598. The molecule has 0 heterocycles. The number of carbonyl (C=O) groups is 1. The fraction of sp³-hybridized carbons (Fsp3) is 0.235. The quantitative estimate of drug-likeness (QED) is 0.673. The van der Waals surface area contributed by atoms with Gasteiger partial charge in [-0.05, 0) is 35.2 Å². The Morgan fingerprint density at radius 3 is 2.15 bits per heavy atom. The average Bonchev–Trinajstić information content (AvgIpc) is 2.38. The Bertz CT molecular complexity index is 610. The van der Waals surface area contributed by atoms with E-state index >= 15 is 0 Å². The summed E-state index contributed by atoms with van der Waals surface area (Å²) >= 11 is -0.497. The van der Waals surface area contributed by atoms with E-state index in [1.54, 1.807) is 12.1 Å². The molecule has 0 aliphatic rings. The van der Waals surface area contributed by atoms with Crippen LogP contribution < -0.4 is 26.3 Å². The molecule has 104 valence electrons. The van der Waals surface area contributed by atoms with Crippen LogP contribution in [0.3, 0.4) is 0 Å². The first-order valence-electron chi connectivity index (χ1n) is 6.43. The summed E-state index contributed by atoms with van der Waals surface area (Å²) in [5.74, 6) is -1.09. The molecule has 0 radical (unpaired) electrons. The van der Waals surface area contributed by atoms with Crippen LogP contribution in [0.5, 0.6) is 0 Å². The van der Waals surface area contributed by atoms with Crippen molar-refractivity contribution in [3.05, 3.63) is 66.8 Å². The highest BCUT2D eigenvalue weighted by Gasteiger charge is 2.21. The summed E-state index contributed by atoms with van der Waals surface area (Å²) in [6, 6.07) is 15.6. The molecule has 0 amide bonds. The maximum atomic E-state index is 11.1. The molecule has 0 fully saturated rings. The molecule has 0 saturated carbocycles. The zero-order chi connectivity index (χ0) is 14.8. The van der Waals surface area contributed by atoms with Crippen molar-refractivity contribution in [3.8, 4) is 0 Å². The highest BCUT2D eigenvalue weighted by atomic mass is 127. The molecule has 3 heteroatoms. The van der Waals surface area contributed by atoms with E-state index in [2.05, 4.69) is 45.0 Å². The minimum absolute atomic E-state index is 0.139. The maximum Gasteiger partial charge on any atom is 0.358 e. The summed E-state index contributed by atoms with van der Waals surface area (Å²) < 4.78 is 2.11.